The normalized spacial score (nSPS) is 9.75. The summed E-state index contributed by atoms with van der Waals surface area (Å²) in [6, 6.07) is 0. The molecule has 5 heteroatoms. The zero-order valence-electron chi connectivity index (χ0n) is 6.00. The van der Waals surface area contributed by atoms with Crippen molar-refractivity contribution in [2.45, 2.75) is 7.43 Å². The Bertz CT molecular complexity index is 438. The van der Waals surface area contributed by atoms with Crippen molar-refractivity contribution in [1.82, 2.24) is 19.5 Å². The first-order valence-electron chi connectivity index (χ1n) is 3.18. The molecule has 2 aromatic rings. The highest BCUT2D eigenvalue weighted by Gasteiger charge is 1.99. The van der Waals surface area contributed by atoms with E-state index in [2.05, 4.69) is 15.0 Å². The van der Waals surface area contributed by atoms with Crippen LogP contribution >= 0.6 is 0 Å². The Morgan fingerprint density at radius 3 is 2.92 bits per heavy atom. The van der Waals surface area contributed by atoms with E-state index in [4.69, 9.17) is 5.41 Å². The molecule has 0 aliphatic carbocycles. The van der Waals surface area contributed by atoms with Gasteiger partial charge < -0.3 is 9.55 Å². The molecule has 12 heavy (non-hydrogen) atoms. The fraction of sp³-hybridized carbons (Fsp3) is 0.286. The van der Waals surface area contributed by atoms with Gasteiger partial charge in [-0.05, 0) is 0 Å². The first-order valence-corrected chi connectivity index (χ1v) is 3.18. The van der Waals surface area contributed by atoms with Gasteiger partial charge in [-0.3, -0.25) is 5.41 Å². The van der Waals surface area contributed by atoms with Gasteiger partial charge in [0.05, 0.1) is 12.7 Å². The lowest BCUT2D eigenvalue weighted by atomic mass is 10.5. The second-order valence-electron chi connectivity index (χ2n) is 2.31. The van der Waals surface area contributed by atoms with Gasteiger partial charge in [-0.1, -0.05) is 7.43 Å². The molecule has 2 rings (SSSR count). The van der Waals surface area contributed by atoms with Crippen molar-refractivity contribution in [2.75, 3.05) is 0 Å². The minimum absolute atomic E-state index is 0. The molecule has 0 atom stereocenters. The predicted octanol–water partition coefficient (Wildman–Crippen LogP) is 0.412. The maximum Gasteiger partial charge on any atom is 0.173 e. The molecule has 0 saturated carbocycles. The SMILES string of the molecule is C.Cn1cnc(=N)c2[nH]cnc21. The second-order valence-corrected chi connectivity index (χ2v) is 2.31. The molecule has 0 saturated heterocycles. The highest BCUT2D eigenvalue weighted by molar-refractivity contribution is 5.67. The Kier molecular flexibility index (Phi) is 1.95. The van der Waals surface area contributed by atoms with Gasteiger partial charge in [0.15, 0.2) is 11.1 Å². The smallest absolute Gasteiger partial charge is 0.173 e. The van der Waals surface area contributed by atoms with Crippen LogP contribution in [0.15, 0.2) is 12.7 Å². The maximum atomic E-state index is 7.38. The summed E-state index contributed by atoms with van der Waals surface area (Å²) in [5, 5.41) is 7.38. The van der Waals surface area contributed by atoms with Gasteiger partial charge in [-0.25, -0.2) is 9.97 Å². The third-order valence-electron chi connectivity index (χ3n) is 1.55. The van der Waals surface area contributed by atoms with Crippen LogP contribution in [0.3, 0.4) is 0 Å². The van der Waals surface area contributed by atoms with Gasteiger partial charge >= 0.3 is 0 Å². The van der Waals surface area contributed by atoms with E-state index >= 15 is 0 Å². The molecule has 5 nitrogen and oxygen atoms in total. The molecule has 0 bridgehead atoms. The summed E-state index contributed by atoms with van der Waals surface area (Å²) in [7, 11) is 1.84. The number of hydrogen-bond donors (Lipinski definition) is 2. The monoisotopic (exact) mass is 165 g/mol. The fourth-order valence-electron chi connectivity index (χ4n) is 0.992. The van der Waals surface area contributed by atoms with Crippen molar-refractivity contribution in [3.63, 3.8) is 0 Å². The summed E-state index contributed by atoms with van der Waals surface area (Å²) >= 11 is 0. The van der Waals surface area contributed by atoms with Gasteiger partial charge in [0, 0.05) is 7.05 Å². The molecule has 2 aromatic heterocycles. The van der Waals surface area contributed by atoms with Crippen LogP contribution in [0.5, 0.6) is 0 Å². The van der Waals surface area contributed by atoms with E-state index in [-0.39, 0.29) is 12.9 Å². The van der Waals surface area contributed by atoms with Crippen LogP contribution in [-0.2, 0) is 7.05 Å². The standard InChI is InChI=1S/C6H7N5.CH4/c1-11-3-10-5(7)4-6(11)9-2-8-4;/h2-3,7H,1H3,(H,8,9);1H4. The first-order chi connectivity index (χ1) is 5.29. The lowest BCUT2D eigenvalue weighted by molar-refractivity contribution is 0.876. The Hall–Kier alpha value is -1.65. The number of fused-ring (bicyclic) bond motifs is 1. The molecule has 0 aliphatic rings. The second kappa shape index (κ2) is 2.77. The lowest BCUT2D eigenvalue weighted by Gasteiger charge is -1.95. The third-order valence-corrected chi connectivity index (χ3v) is 1.55. The largest absolute Gasteiger partial charge is 0.340 e. The molecule has 0 aromatic carbocycles. The zero-order valence-corrected chi connectivity index (χ0v) is 6.00. The van der Waals surface area contributed by atoms with E-state index in [0.29, 0.717) is 5.52 Å². The molecule has 0 spiro atoms. The van der Waals surface area contributed by atoms with Gasteiger partial charge in [-0.2, -0.15) is 0 Å². The number of nitrogens with zero attached hydrogens (tertiary/aromatic N) is 3. The van der Waals surface area contributed by atoms with Crippen molar-refractivity contribution in [2.24, 2.45) is 7.05 Å². The van der Waals surface area contributed by atoms with Gasteiger partial charge in [0.2, 0.25) is 0 Å². The van der Waals surface area contributed by atoms with E-state index in [9.17, 15) is 0 Å². The van der Waals surface area contributed by atoms with E-state index in [1.54, 1.807) is 17.2 Å². The number of rotatable bonds is 0. The molecule has 64 valence electrons. The van der Waals surface area contributed by atoms with E-state index in [1.165, 1.54) is 0 Å². The highest BCUT2D eigenvalue weighted by atomic mass is 15.1. The molecule has 0 radical (unpaired) electrons. The Morgan fingerprint density at radius 1 is 1.50 bits per heavy atom. The number of hydrogen-bond acceptors (Lipinski definition) is 3. The van der Waals surface area contributed by atoms with Crippen molar-refractivity contribution < 1.29 is 0 Å². The van der Waals surface area contributed by atoms with Gasteiger partial charge in [-0.15, -0.1) is 0 Å². The summed E-state index contributed by atoms with van der Waals surface area (Å²) in [4.78, 5) is 10.7. The molecule has 2 heterocycles. The molecule has 0 amide bonds. The maximum absolute atomic E-state index is 7.38. The van der Waals surface area contributed by atoms with E-state index < -0.39 is 0 Å². The summed E-state index contributed by atoms with van der Waals surface area (Å²) in [5.74, 6) is 0. The molecule has 2 N–H and O–H groups in total. The molecule has 0 unspecified atom stereocenters. The average Bonchev–Trinajstić information content (AvgIpc) is 2.45. The minimum atomic E-state index is 0. The highest BCUT2D eigenvalue weighted by Crippen LogP contribution is 1.98. The van der Waals surface area contributed by atoms with E-state index in [0.717, 1.165) is 5.65 Å². The van der Waals surface area contributed by atoms with Crippen LogP contribution in [0.4, 0.5) is 0 Å². The van der Waals surface area contributed by atoms with Crippen LogP contribution in [0.25, 0.3) is 11.2 Å². The van der Waals surface area contributed by atoms with Gasteiger partial charge in [0.1, 0.15) is 5.52 Å². The lowest BCUT2D eigenvalue weighted by Crippen LogP contribution is -2.10. The van der Waals surface area contributed by atoms with Crippen molar-refractivity contribution in [3.8, 4) is 0 Å². The summed E-state index contributed by atoms with van der Waals surface area (Å²) in [5.41, 5.74) is 1.66. The molecular formula is C7H11N5. The van der Waals surface area contributed by atoms with Crippen LogP contribution < -0.4 is 5.49 Å². The number of H-pyrrole nitrogens is 1. The quantitative estimate of drug-likeness (QED) is 0.593. The van der Waals surface area contributed by atoms with Crippen molar-refractivity contribution in [1.29, 1.82) is 5.41 Å². The molecular weight excluding hydrogens is 154 g/mol. The van der Waals surface area contributed by atoms with Crippen LogP contribution in [0.2, 0.25) is 0 Å². The molecule has 0 aliphatic heterocycles. The number of aromatic nitrogens is 4. The van der Waals surface area contributed by atoms with Crippen LogP contribution in [0.1, 0.15) is 7.43 Å². The zero-order chi connectivity index (χ0) is 7.84. The number of aromatic amines is 1. The Balaban J connectivity index is 0.000000720. The summed E-state index contributed by atoms with van der Waals surface area (Å²) in [6.07, 6.45) is 3.13. The van der Waals surface area contributed by atoms with Crippen molar-refractivity contribution in [3.05, 3.63) is 18.1 Å². The minimum Gasteiger partial charge on any atom is -0.340 e. The Morgan fingerprint density at radius 2 is 2.25 bits per heavy atom. The number of aryl methyl sites for hydroxylation is 1. The van der Waals surface area contributed by atoms with Gasteiger partial charge in [0.25, 0.3) is 0 Å². The fourth-order valence-corrected chi connectivity index (χ4v) is 0.992. The van der Waals surface area contributed by atoms with Crippen molar-refractivity contribution >= 4 is 11.2 Å². The topological polar surface area (TPSA) is 70.3 Å². The average molecular weight is 165 g/mol. The summed E-state index contributed by atoms with van der Waals surface area (Å²) < 4.78 is 1.77. The number of nitrogens with one attached hydrogen (secondary N) is 2. The van der Waals surface area contributed by atoms with Crippen LogP contribution in [-0.4, -0.2) is 19.5 Å². The third kappa shape index (κ3) is 0.990. The number of imidazole rings is 1. The summed E-state index contributed by atoms with van der Waals surface area (Å²) in [6.45, 7) is 0. The van der Waals surface area contributed by atoms with E-state index in [1.807, 2.05) is 7.05 Å². The predicted molar refractivity (Wildman–Crippen MR) is 45.4 cm³/mol. The molecule has 0 fully saturated rings. The Labute approximate surface area is 69.6 Å². The first kappa shape index (κ1) is 8.45. The van der Waals surface area contributed by atoms with Crippen LogP contribution in [0, 0.1) is 5.41 Å².